The zero-order chi connectivity index (χ0) is 18.3. The molecule has 1 aliphatic rings. The van der Waals surface area contributed by atoms with Crippen LogP contribution in [0.4, 0.5) is 4.39 Å². The van der Waals surface area contributed by atoms with Crippen molar-refractivity contribution in [2.24, 2.45) is 0 Å². The SMILES string of the molecule is O=C(c1cnc2c(c(Cl)cn2-c2cnccn2)c1Cl)N1CCC(F)CC1. The van der Waals surface area contributed by atoms with E-state index in [1.165, 1.54) is 6.20 Å². The first-order chi connectivity index (χ1) is 12.6. The smallest absolute Gasteiger partial charge is 0.256 e. The number of pyridine rings is 1. The molecule has 26 heavy (non-hydrogen) atoms. The Bertz CT molecular complexity index is 970. The van der Waals surface area contributed by atoms with E-state index in [9.17, 15) is 9.18 Å². The van der Waals surface area contributed by atoms with Crippen molar-refractivity contribution in [1.29, 1.82) is 0 Å². The predicted molar refractivity (Wildman–Crippen MR) is 96.7 cm³/mol. The molecule has 6 nitrogen and oxygen atoms in total. The summed E-state index contributed by atoms with van der Waals surface area (Å²) in [6.07, 6.45) is 7.58. The van der Waals surface area contributed by atoms with Crippen molar-refractivity contribution in [3.63, 3.8) is 0 Å². The Kier molecular flexibility index (Phi) is 4.50. The molecule has 4 heterocycles. The lowest BCUT2D eigenvalue weighted by Gasteiger charge is -2.28. The summed E-state index contributed by atoms with van der Waals surface area (Å²) in [6, 6.07) is 0. The lowest BCUT2D eigenvalue weighted by atomic mass is 10.1. The largest absolute Gasteiger partial charge is 0.338 e. The maximum Gasteiger partial charge on any atom is 0.256 e. The monoisotopic (exact) mass is 393 g/mol. The third kappa shape index (κ3) is 2.91. The number of aromatic nitrogens is 4. The number of fused-ring (bicyclic) bond motifs is 1. The van der Waals surface area contributed by atoms with Crippen LogP contribution < -0.4 is 0 Å². The maximum atomic E-state index is 13.3. The lowest BCUT2D eigenvalue weighted by molar-refractivity contribution is 0.0667. The van der Waals surface area contributed by atoms with E-state index in [2.05, 4.69) is 15.0 Å². The van der Waals surface area contributed by atoms with Gasteiger partial charge in [0.15, 0.2) is 5.82 Å². The average Bonchev–Trinajstić information content (AvgIpc) is 3.00. The first kappa shape index (κ1) is 17.2. The second kappa shape index (κ2) is 6.81. The van der Waals surface area contributed by atoms with Crippen molar-refractivity contribution in [2.45, 2.75) is 19.0 Å². The molecule has 1 aliphatic heterocycles. The third-order valence-electron chi connectivity index (χ3n) is 4.44. The Morgan fingerprint density at radius 2 is 1.92 bits per heavy atom. The van der Waals surface area contributed by atoms with E-state index >= 15 is 0 Å². The number of amides is 1. The second-order valence-corrected chi connectivity index (χ2v) is 6.85. The highest BCUT2D eigenvalue weighted by Crippen LogP contribution is 2.35. The molecule has 1 fully saturated rings. The number of hydrogen-bond donors (Lipinski definition) is 0. The van der Waals surface area contributed by atoms with Crippen LogP contribution in [0, 0.1) is 0 Å². The number of likely N-dealkylation sites (tertiary alicyclic amines) is 1. The first-order valence-corrected chi connectivity index (χ1v) is 8.86. The molecular formula is C17H14Cl2FN5O. The van der Waals surface area contributed by atoms with E-state index in [1.54, 1.807) is 34.3 Å². The number of piperidine rings is 1. The van der Waals surface area contributed by atoms with Gasteiger partial charge in [-0.05, 0) is 12.8 Å². The Balaban J connectivity index is 1.76. The minimum atomic E-state index is -0.856. The number of carbonyl (C=O) groups excluding carboxylic acids is 1. The van der Waals surface area contributed by atoms with Crippen LogP contribution in [0.15, 0.2) is 31.0 Å². The fraction of sp³-hybridized carbons (Fsp3) is 0.294. The summed E-state index contributed by atoms with van der Waals surface area (Å²) < 4.78 is 15.0. The Morgan fingerprint density at radius 3 is 2.62 bits per heavy atom. The van der Waals surface area contributed by atoms with Crippen molar-refractivity contribution in [3.05, 3.63) is 46.6 Å². The Morgan fingerprint density at radius 1 is 1.15 bits per heavy atom. The van der Waals surface area contributed by atoms with E-state index < -0.39 is 6.17 Å². The van der Waals surface area contributed by atoms with Gasteiger partial charge in [0.1, 0.15) is 11.8 Å². The molecule has 0 aromatic carbocycles. The van der Waals surface area contributed by atoms with Gasteiger partial charge in [-0.2, -0.15) is 0 Å². The number of alkyl halides is 1. The summed E-state index contributed by atoms with van der Waals surface area (Å²) in [6.45, 7) is 0.728. The van der Waals surface area contributed by atoms with Crippen LogP contribution in [-0.2, 0) is 0 Å². The standard InChI is InChI=1S/C17H14Cl2FN5O/c18-12-9-25(13-8-21-3-4-22-13)16-14(12)15(19)11(7-23-16)17(26)24-5-1-10(20)2-6-24/h3-4,7-10H,1-2,5-6H2. The molecule has 0 spiro atoms. The molecule has 0 unspecified atom stereocenters. The topological polar surface area (TPSA) is 63.9 Å². The van der Waals surface area contributed by atoms with E-state index in [4.69, 9.17) is 23.2 Å². The van der Waals surface area contributed by atoms with Crippen LogP contribution in [0.5, 0.6) is 0 Å². The highest BCUT2D eigenvalue weighted by molar-refractivity contribution is 6.43. The van der Waals surface area contributed by atoms with Gasteiger partial charge in [0.25, 0.3) is 5.91 Å². The molecular weight excluding hydrogens is 380 g/mol. The van der Waals surface area contributed by atoms with Crippen LogP contribution in [0.2, 0.25) is 10.0 Å². The van der Waals surface area contributed by atoms with Gasteiger partial charge in [-0.3, -0.25) is 14.3 Å². The number of halogens is 3. The fourth-order valence-corrected chi connectivity index (χ4v) is 3.71. The number of carbonyl (C=O) groups is 1. The molecule has 3 aromatic rings. The normalized spacial score (nSPS) is 15.6. The quantitative estimate of drug-likeness (QED) is 0.665. The van der Waals surface area contributed by atoms with Gasteiger partial charge in [0, 0.05) is 37.9 Å². The Labute approximate surface area is 158 Å². The Hall–Kier alpha value is -2.25. The molecule has 4 rings (SSSR count). The molecule has 9 heteroatoms. The van der Waals surface area contributed by atoms with Crippen LogP contribution in [0.1, 0.15) is 23.2 Å². The van der Waals surface area contributed by atoms with Crippen molar-refractivity contribution in [3.8, 4) is 5.82 Å². The van der Waals surface area contributed by atoms with Gasteiger partial charge < -0.3 is 4.90 Å². The zero-order valence-corrected chi connectivity index (χ0v) is 15.1. The predicted octanol–water partition coefficient (Wildman–Crippen LogP) is 3.70. The lowest BCUT2D eigenvalue weighted by Crippen LogP contribution is -2.39. The van der Waals surface area contributed by atoms with Gasteiger partial charge in [-0.1, -0.05) is 23.2 Å². The van der Waals surface area contributed by atoms with Crippen molar-refractivity contribution in [1.82, 2.24) is 24.4 Å². The van der Waals surface area contributed by atoms with Crippen LogP contribution in [0.3, 0.4) is 0 Å². The maximum absolute atomic E-state index is 13.3. The van der Waals surface area contributed by atoms with Crippen LogP contribution >= 0.6 is 23.2 Å². The first-order valence-electron chi connectivity index (χ1n) is 8.11. The molecule has 0 aliphatic carbocycles. The molecule has 134 valence electrons. The van der Waals surface area contributed by atoms with Crippen LogP contribution in [-0.4, -0.2) is 49.6 Å². The highest BCUT2D eigenvalue weighted by atomic mass is 35.5. The van der Waals surface area contributed by atoms with Gasteiger partial charge >= 0.3 is 0 Å². The number of nitrogens with zero attached hydrogens (tertiary/aromatic N) is 5. The number of rotatable bonds is 2. The van der Waals surface area contributed by atoms with E-state index in [1.807, 2.05) is 0 Å². The molecule has 0 saturated carbocycles. The van der Waals surface area contributed by atoms with E-state index in [0.717, 1.165) is 0 Å². The molecule has 3 aromatic heterocycles. The summed E-state index contributed by atoms with van der Waals surface area (Å²) in [5.41, 5.74) is 0.745. The third-order valence-corrected chi connectivity index (χ3v) is 5.12. The molecule has 0 radical (unpaired) electrons. The van der Waals surface area contributed by atoms with Crippen LogP contribution in [0.25, 0.3) is 16.9 Å². The van der Waals surface area contributed by atoms with Gasteiger partial charge in [-0.15, -0.1) is 0 Å². The summed E-state index contributed by atoms with van der Waals surface area (Å²) >= 11 is 12.8. The van der Waals surface area contributed by atoms with E-state index in [-0.39, 0.29) is 16.5 Å². The van der Waals surface area contributed by atoms with Gasteiger partial charge in [0.2, 0.25) is 0 Å². The van der Waals surface area contributed by atoms with Crippen molar-refractivity contribution >= 4 is 40.1 Å². The fourth-order valence-electron chi connectivity index (χ4n) is 3.07. The summed E-state index contributed by atoms with van der Waals surface area (Å²) in [4.78, 5) is 27.0. The minimum Gasteiger partial charge on any atom is -0.338 e. The van der Waals surface area contributed by atoms with Crippen molar-refractivity contribution in [2.75, 3.05) is 13.1 Å². The molecule has 1 saturated heterocycles. The summed E-state index contributed by atoms with van der Waals surface area (Å²) in [7, 11) is 0. The van der Waals surface area contributed by atoms with Gasteiger partial charge in [-0.25, -0.2) is 14.4 Å². The molecule has 0 bridgehead atoms. The average molecular weight is 394 g/mol. The second-order valence-electron chi connectivity index (χ2n) is 6.06. The minimum absolute atomic E-state index is 0.231. The summed E-state index contributed by atoms with van der Waals surface area (Å²) in [5.74, 6) is 0.275. The van der Waals surface area contributed by atoms with Crippen molar-refractivity contribution < 1.29 is 9.18 Å². The van der Waals surface area contributed by atoms with Gasteiger partial charge in [0.05, 0.1) is 27.2 Å². The molecule has 0 atom stereocenters. The summed E-state index contributed by atoms with van der Waals surface area (Å²) in [5, 5.41) is 1.07. The van der Waals surface area contributed by atoms with E-state index in [0.29, 0.717) is 47.8 Å². The number of hydrogen-bond acceptors (Lipinski definition) is 4. The molecule has 0 N–H and O–H groups in total. The highest BCUT2D eigenvalue weighted by Gasteiger charge is 2.27. The molecule has 1 amide bonds. The zero-order valence-electron chi connectivity index (χ0n) is 13.6.